The van der Waals surface area contributed by atoms with Crippen LogP contribution >= 0.6 is 11.6 Å². The van der Waals surface area contributed by atoms with Crippen molar-refractivity contribution < 1.29 is 19.4 Å². The molecule has 0 aliphatic carbocycles. The Labute approximate surface area is 174 Å². The smallest absolute Gasteiger partial charge is 0.307 e. The Bertz CT molecular complexity index is 882. The molecule has 2 rings (SSSR count). The van der Waals surface area contributed by atoms with E-state index < -0.39 is 5.97 Å². The van der Waals surface area contributed by atoms with E-state index in [-0.39, 0.29) is 6.42 Å². The second kappa shape index (κ2) is 11.1. The molecular formula is C21H24ClN3O4. The van der Waals surface area contributed by atoms with Crippen molar-refractivity contribution in [2.45, 2.75) is 26.7 Å². The van der Waals surface area contributed by atoms with Gasteiger partial charge in [-0.25, -0.2) is 0 Å². The fourth-order valence-corrected chi connectivity index (χ4v) is 2.42. The molecule has 7 nitrogen and oxygen atoms in total. The SMILES string of the molecule is CC(=N)/C(C)=N\Nc1cc(Cl)ccc1OCCCOc1ccc(CC(=O)O)cc1. The molecule has 0 bridgehead atoms. The normalized spacial score (nSPS) is 11.1. The van der Waals surface area contributed by atoms with Crippen LogP contribution in [0.15, 0.2) is 47.6 Å². The third kappa shape index (κ3) is 7.83. The standard InChI is InChI=1S/C21H24ClN3O4/c1-14(23)15(2)24-25-19-13-17(22)6-9-20(19)29-11-3-10-28-18-7-4-16(5-8-18)12-21(26)27/h4-9,13,23,25H,3,10-12H2,1-2H3,(H,26,27)/b23-14?,24-15-. The molecular weight excluding hydrogens is 394 g/mol. The molecule has 8 heteroatoms. The van der Waals surface area contributed by atoms with Crippen LogP contribution in [0.4, 0.5) is 5.69 Å². The molecule has 0 atom stereocenters. The van der Waals surface area contributed by atoms with Gasteiger partial charge in [0.25, 0.3) is 0 Å². The fourth-order valence-electron chi connectivity index (χ4n) is 2.25. The van der Waals surface area contributed by atoms with Crippen LogP contribution in [0.5, 0.6) is 11.5 Å². The van der Waals surface area contributed by atoms with E-state index in [1.54, 1.807) is 56.3 Å². The van der Waals surface area contributed by atoms with Crippen LogP contribution in [-0.2, 0) is 11.2 Å². The molecule has 0 heterocycles. The number of hydrogen-bond donors (Lipinski definition) is 3. The van der Waals surface area contributed by atoms with Crippen molar-refractivity contribution in [3.63, 3.8) is 0 Å². The second-order valence-electron chi connectivity index (χ2n) is 6.34. The van der Waals surface area contributed by atoms with Crippen LogP contribution in [0.2, 0.25) is 5.02 Å². The maximum Gasteiger partial charge on any atom is 0.307 e. The number of ether oxygens (including phenoxy) is 2. The van der Waals surface area contributed by atoms with Gasteiger partial charge in [0.05, 0.1) is 36.7 Å². The van der Waals surface area contributed by atoms with Gasteiger partial charge in [-0.15, -0.1) is 0 Å². The summed E-state index contributed by atoms with van der Waals surface area (Å²) < 4.78 is 11.4. The number of halogens is 1. The molecule has 3 N–H and O–H groups in total. The van der Waals surface area contributed by atoms with Crippen molar-refractivity contribution in [1.82, 2.24) is 0 Å². The Balaban J connectivity index is 1.82. The molecule has 0 unspecified atom stereocenters. The predicted molar refractivity (Wildman–Crippen MR) is 115 cm³/mol. The number of aliphatic carboxylic acids is 1. The number of anilines is 1. The zero-order chi connectivity index (χ0) is 21.2. The average Bonchev–Trinajstić information content (AvgIpc) is 2.67. The van der Waals surface area contributed by atoms with Crippen LogP contribution in [0, 0.1) is 5.41 Å². The molecule has 0 spiro atoms. The third-order valence-corrected chi connectivity index (χ3v) is 4.16. The van der Waals surface area contributed by atoms with Crippen LogP contribution < -0.4 is 14.9 Å². The summed E-state index contributed by atoms with van der Waals surface area (Å²) in [4.78, 5) is 10.7. The number of benzene rings is 2. The molecule has 0 aliphatic rings. The summed E-state index contributed by atoms with van der Waals surface area (Å²) in [6.45, 7) is 4.29. The Morgan fingerprint density at radius 3 is 2.48 bits per heavy atom. The minimum absolute atomic E-state index is 0.00541. The number of hydrazone groups is 1. The van der Waals surface area contributed by atoms with Crippen molar-refractivity contribution >= 4 is 34.7 Å². The van der Waals surface area contributed by atoms with Crippen molar-refractivity contribution in [2.75, 3.05) is 18.6 Å². The highest BCUT2D eigenvalue weighted by atomic mass is 35.5. The number of carboxylic acid groups (broad SMARTS) is 1. The first-order chi connectivity index (χ1) is 13.8. The predicted octanol–water partition coefficient (Wildman–Crippen LogP) is 4.64. The van der Waals surface area contributed by atoms with E-state index in [1.807, 2.05) is 0 Å². The van der Waals surface area contributed by atoms with Gasteiger partial charge in [-0.05, 0) is 49.7 Å². The van der Waals surface area contributed by atoms with Crippen LogP contribution in [0.3, 0.4) is 0 Å². The number of rotatable bonds is 11. The highest BCUT2D eigenvalue weighted by Crippen LogP contribution is 2.28. The largest absolute Gasteiger partial charge is 0.493 e. The van der Waals surface area contributed by atoms with E-state index in [9.17, 15) is 4.79 Å². The van der Waals surface area contributed by atoms with Crippen LogP contribution in [-0.4, -0.2) is 35.7 Å². The molecule has 0 amide bonds. The first kappa shape index (κ1) is 22.2. The van der Waals surface area contributed by atoms with Crippen molar-refractivity contribution in [3.05, 3.63) is 53.1 Å². The Morgan fingerprint density at radius 1 is 1.14 bits per heavy atom. The topological polar surface area (TPSA) is 104 Å². The number of carbonyl (C=O) groups is 1. The summed E-state index contributed by atoms with van der Waals surface area (Å²) in [6, 6.07) is 12.2. The fraction of sp³-hybridized carbons (Fsp3) is 0.286. The van der Waals surface area contributed by atoms with E-state index in [1.165, 1.54) is 0 Å². The zero-order valence-corrected chi connectivity index (χ0v) is 17.1. The van der Waals surface area contributed by atoms with E-state index in [0.717, 1.165) is 5.56 Å². The first-order valence-corrected chi connectivity index (χ1v) is 9.44. The first-order valence-electron chi connectivity index (χ1n) is 9.07. The molecule has 2 aromatic carbocycles. The van der Waals surface area contributed by atoms with Crippen molar-refractivity contribution in [1.29, 1.82) is 5.41 Å². The monoisotopic (exact) mass is 417 g/mol. The van der Waals surface area contributed by atoms with Gasteiger partial charge in [0.2, 0.25) is 0 Å². The minimum atomic E-state index is -0.860. The Hall–Kier alpha value is -3.06. The third-order valence-electron chi connectivity index (χ3n) is 3.92. The lowest BCUT2D eigenvalue weighted by Gasteiger charge is -2.12. The van der Waals surface area contributed by atoms with E-state index in [0.29, 0.717) is 53.3 Å². The summed E-state index contributed by atoms with van der Waals surface area (Å²) in [7, 11) is 0. The van der Waals surface area contributed by atoms with Gasteiger partial charge in [0.15, 0.2) is 0 Å². The van der Waals surface area contributed by atoms with E-state index >= 15 is 0 Å². The lowest BCUT2D eigenvalue weighted by atomic mass is 10.1. The van der Waals surface area contributed by atoms with Crippen LogP contribution in [0.1, 0.15) is 25.8 Å². The summed E-state index contributed by atoms with van der Waals surface area (Å²) in [6.07, 6.45) is 0.648. The molecule has 0 aliphatic heterocycles. The molecule has 29 heavy (non-hydrogen) atoms. The molecule has 0 saturated heterocycles. The summed E-state index contributed by atoms with van der Waals surface area (Å²) >= 11 is 6.05. The summed E-state index contributed by atoms with van der Waals surface area (Å²) in [5.41, 5.74) is 5.17. The van der Waals surface area contributed by atoms with Crippen LogP contribution in [0.25, 0.3) is 0 Å². The van der Waals surface area contributed by atoms with Gasteiger partial charge in [-0.2, -0.15) is 5.10 Å². The average molecular weight is 418 g/mol. The highest BCUT2D eigenvalue weighted by molar-refractivity contribution is 6.39. The van der Waals surface area contributed by atoms with Gasteiger partial charge >= 0.3 is 5.97 Å². The molecule has 2 aromatic rings. The summed E-state index contributed by atoms with van der Waals surface area (Å²) in [5.74, 6) is 0.423. The van der Waals surface area contributed by atoms with E-state index in [2.05, 4.69) is 10.5 Å². The zero-order valence-electron chi connectivity index (χ0n) is 16.4. The maximum atomic E-state index is 10.7. The summed E-state index contributed by atoms with van der Waals surface area (Å²) in [5, 5.41) is 21.0. The van der Waals surface area contributed by atoms with E-state index in [4.69, 9.17) is 31.6 Å². The van der Waals surface area contributed by atoms with Crippen molar-refractivity contribution in [2.24, 2.45) is 5.10 Å². The molecule has 0 radical (unpaired) electrons. The number of carboxylic acids is 1. The van der Waals surface area contributed by atoms with Gasteiger partial charge < -0.3 is 20.0 Å². The van der Waals surface area contributed by atoms with Gasteiger partial charge in [-0.3, -0.25) is 10.2 Å². The Morgan fingerprint density at radius 2 is 1.83 bits per heavy atom. The molecule has 0 saturated carbocycles. The number of nitrogens with one attached hydrogen (secondary N) is 2. The number of nitrogens with zero attached hydrogens (tertiary/aromatic N) is 1. The minimum Gasteiger partial charge on any atom is -0.493 e. The van der Waals surface area contributed by atoms with Gasteiger partial charge in [-0.1, -0.05) is 23.7 Å². The molecule has 0 fully saturated rings. The quantitative estimate of drug-likeness (QED) is 0.280. The lowest BCUT2D eigenvalue weighted by Crippen LogP contribution is -2.08. The van der Waals surface area contributed by atoms with Gasteiger partial charge in [0, 0.05) is 11.4 Å². The molecule has 154 valence electrons. The lowest BCUT2D eigenvalue weighted by molar-refractivity contribution is -0.136. The Kier molecular flexibility index (Phi) is 8.48. The highest BCUT2D eigenvalue weighted by Gasteiger charge is 2.06. The molecule has 0 aromatic heterocycles. The van der Waals surface area contributed by atoms with Crippen molar-refractivity contribution in [3.8, 4) is 11.5 Å². The second-order valence-corrected chi connectivity index (χ2v) is 6.78. The maximum absolute atomic E-state index is 10.7. The number of hydrogen-bond acceptors (Lipinski definition) is 6. The van der Waals surface area contributed by atoms with Gasteiger partial charge in [0.1, 0.15) is 11.5 Å².